The van der Waals surface area contributed by atoms with E-state index in [2.05, 4.69) is 4.84 Å². The van der Waals surface area contributed by atoms with Gasteiger partial charge in [-0.3, -0.25) is 4.79 Å². The van der Waals surface area contributed by atoms with Crippen molar-refractivity contribution in [2.75, 3.05) is 6.54 Å². The van der Waals surface area contributed by atoms with E-state index in [4.69, 9.17) is 5.90 Å². The van der Waals surface area contributed by atoms with E-state index in [9.17, 15) is 19.5 Å². The zero-order valence-corrected chi connectivity index (χ0v) is 13.3. The van der Waals surface area contributed by atoms with Gasteiger partial charge in [-0.25, -0.2) is 9.59 Å². The molecule has 126 valence electrons. The Bertz CT molecular complexity index is 547. The number of carbonyl (C=O) groups is 3. The lowest BCUT2D eigenvalue weighted by Gasteiger charge is -2.29. The molecule has 1 aromatic carbocycles. The highest BCUT2D eigenvalue weighted by molar-refractivity contribution is 6.01. The molecule has 0 saturated heterocycles. The highest BCUT2D eigenvalue weighted by atomic mass is 16.7. The molecule has 0 bridgehead atoms. The van der Waals surface area contributed by atoms with Crippen molar-refractivity contribution in [3.8, 4) is 0 Å². The van der Waals surface area contributed by atoms with Crippen molar-refractivity contribution in [3.63, 3.8) is 0 Å². The molecule has 0 spiro atoms. The number of benzene rings is 1. The minimum atomic E-state index is -1.73. The molecule has 0 aliphatic rings. The Labute approximate surface area is 135 Å². The molecule has 0 fully saturated rings. The van der Waals surface area contributed by atoms with E-state index in [1.54, 1.807) is 6.92 Å². The highest BCUT2D eigenvalue weighted by Crippen LogP contribution is 2.17. The monoisotopic (exact) mass is 322 g/mol. The topological polar surface area (TPSA) is 110 Å². The Morgan fingerprint density at radius 3 is 2.26 bits per heavy atom. The van der Waals surface area contributed by atoms with E-state index in [1.807, 2.05) is 37.3 Å². The molecular weight excluding hydrogens is 300 g/mol. The molecule has 0 aliphatic heterocycles. The van der Waals surface area contributed by atoms with Crippen molar-refractivity contribution in [2.45, 2.75) is 32.7 Å². The number of carboxylic acid groups (broad SMARTS) is 1. The molecule has 0 heterocycles. The van der Waals surface area contributed by atoms with Crippen LogP contribution in [0.5, 0.6) is 0 Å². The van der Waals surface area contributed by atoms with E-state index in [0.717, 1.165) is 10.5 Å². The quantitative estimate of drug-likeness (QED) is 0.545. The van der Waals surface area contributed by atoms with E-state index in [0.29, 0.717) is 12.8 Å². The maximum absolute atomic E-state index is 12.7. The van der Waals surface area contributed by atoms with Gasteiger partial charge in [-0.15, -0.1) is 0 Å². The van der Waals surface area contributed by atoms with Crippen molar-refractivity contribution in [2.24, 2.45) is 11.8 Å². The number of rotatable bonds is 8. The number of hydrogen-bond acceptors (Lipinski definition) is 5. The molecular formula is C16H22N2O5. The van der Waals surface area contributed by atoms with Crippen molar-refractivity contribution in [1.82, 2.24) is 4.90 Å². The number of aliphatic carboxylic acids is 1. The summed E-state index contributed by atoms with van der Waals surface area (Å²) in [6, 6.07) is 7.68. The summed E-state index contributed by atoms with van der Waals surface area (Å²) in [6.07, 6.45) is 0.991. The zero-order valence-electron chi connectivity index (χ0n) is 13.3. The largest absolute Gasteiger partial charge is 0.479 e. The van der Waals surface area contributed by atoms with Crippen molar-refractivity contribution in [3.05, 3.63) is 35.9 Å². The first-order valence-electron chi connectivity index (χ1n) is 7.43. The maximum atomic E-state index is 12.7. The van der Waals surface area contributed by atoms with Gasteiger partial charge in [-0.05, 0) is 25.3 Å². The summed E-state index contributed by atoms with van der Waals surface area (Å²) in [7, 11) is 0. The summed E-state index contributed by atoms with van der Waals surface area (Å²) in [5, 5.41) is 9.22. The number of hydrogen-bond donors (Lipinski definition) is 2. The second-order valence-corrected chi connectivity index (χ2v) is 5.10. The molecule has 1 aromatic rings. The van der Waals surface area contributed by atoms with Crippen LogP contribution in [0.15, 0.2) is 30.3 Å². The second kappa shape index (κ2) is 8.89. The van der Waals surface area contributed by atoms with Crippen molar-refractivity contribution >= 4 is 17.8 Å². The van der Waals surface area contributed by atoms with Crippen LogP contribution in [-0.2, 0) is 25.6 Å². The van der Waals surface area contributed by atoms with Gasteiger partial charge in [0.1, 0.15) is 0 Å². The van der Waals surface area contributed by atoms with Crippen LogP contribution in [0.25, 0.3) is 0 Å². The minimum Gasteiger partial charge on any atom is -0.479 e. The number of nitrogens with two attached hydrogens (primary N) is 1. The third-order valence-electron chi connectivity index (χ3n) is 3.68. The lowest BCUT2D eigenvalue weighted by atomic mass is 9.95. The summed E-state index contributed by atoms with van der Waals surface area (Å²) in [6.45, 7) is 3.51. The van der Waals surface area contributed by atoms with E-state index in [-0.39, 0.29) is 6.54 Å². The Hall–Kier alpha value is -2.41. The minimum absolute atomic E-state index is 0.0657. The van der Waals surface area contributed by atoms with Gasteiger partial charge in [-0.2, -0.15) is 5.90 Å². The van der Waals surface area contributed by atoms with Crippen LogP contribution in [0.3, 0.4) is 0 Å². The SMILES string of the molecule is CCC(Cc1ccccc1)C(=O)N(CC)C(C(=O)O)C(=O)ON. The lowest BCUT2D eigenvalue weighted by molar-refractivity contribution is -0.166. The molecule has 1 amide bonds. The molecule has 2 atom stereocenters. The summed E-state index contributed by atoms with van der Waals surface area (Å²) in [5.74, 6) is 1.32. The number of amides is 1. The summed E-state index contributed by atoms with van der Waals surface area (Å²) in [4.78, 5) is 40.6. The molecule has 7 nitrogen and oxygen atoms in total. The average molecular weight is 322 g/mol. The Morgan fingerprint density at radius 2 is 1.83 bits per heavy atom. The standard InChI is InChI=1S/C16H22N2O5/c1-3-12(10-11-8-6-5-7-9-11)14(19)18(4-2)13(15(20)21)16(22)23-17/h5-9,12-13H,3-4,10,17H2,1-2H3,(H,20,21). The van der Waals surface area contributed by atoms with Crippen LogP contribution in [0.4, 0.5) is 0 Å². The van der Waals surface area contributed by atoms with E-state index >= 15 is 0 Å². The molecule has 0 saturated carbocycles. The first-order chi connectivity index (χ1) is 11.0. The summed E-state index contributed by atoms with van der Waals surface area (Å²) >= 11 is 0. The second-order valence-electron chi connectivity index (χ2n) is 5.10. The smallest absolute Gasteiger partial charge is 0.359 e. The molecule has 0 aliphatic carbocycles. The zero-order chi connectivity index (χ0) is 17.4. The molecule has 1 rings (SSSR count). The third kappa shape index (κ3) is 4.79. The predicted molar refractivity (Wildman–Crippen MR) is 83.0 cm³/mol. The average Bonchev–Trinajstić information content (AvgIpc) is 2.56. The van der Waals surface area contributed by atoms with Crippen LogP contribution in [0.1, 0.15) is 25.8 Å². The van der Waals surface area contributed by atoms with Crippen molar-refractivity contribution < 1.29 is 24.3 Å². The predicted octanol–water partition coefficient (Wildman–Crippen LogP) is 0.974. The molecule has 3 N–H and O–H groups in total. The summed E-state index contributed by atoms with van der Waals surface area (Å²) in [5.41, 5.74) is 0.969. The van der Waals surface area contributed by atoms with Crippen LogP contribution in [-0.4, -0.2) is 40.4 Å². The third-order valence-corrected chi connectivity index (χ3v) is 3.68. The van der Waals surface area contributed by atoms with Gasteiger partial charge in [0, 0.05) is 12.5 Å². The molecule has 7 heteroatoms. The van der Waals surface area contributed by atoms with Gasteiger partial charge in [0.05, 0.1) is 0 Å². The number of carboxylic acids is 1. The molecule has 23 heavy (non-hydrogen) atoms. The normalized spacial score (nSPS) is 13.0. The first kappa shape index (κ1) is 18.6. The molecule has 0 radical (unpaired) electrons. The summed E-state index contributed by atoms with van der Waals surface area (Å²) < 4.78 is 0. The van der Waals surface area contributed by atoms with Crippen molar-refractivity contribution in [1.29, 1.82) is 0 Å². The van der Waals surface area contributed by atoms with E-state index < -0.39 is 29.8 Å². The Kier molecular flexibility index (Phi) is 7.21. The van der Waals surface area contributed by atoms with Gasteiger partial charge in [0.2, 0.25) is 11.9 Å². The first-order valence-corrected chi connectivity index (χ1v) is 7.43. The molecule has 2 unspecified atom stereocenters. The molecule has 0 aromatic heterocycles. The van der Waals surface area contributed by atoms with Crippen LogP contribution in [0, 0.1) is 5.92 Å². The van der Waals surface area contributed by atoms with Crippen LogP contribution in [0.2, 0.25) is 0 Å². The van der Waals surface area contributed by atoms with Gasteiger partial charge in [0.25, 0.3) is 0 Å². The maximum Gasteiger partial charge on any atom is 0.359 e. The fourth-order valence-electron chi connectivity index (χ4n) is 2.43. The van der Waals surface area contributed by atoms with Gasteiger partial charge in [0.15, 0.2) is 0 Å². The van der Waals surface area contributed by atoms with Crippen LogP contribution < -0.4 is 5.90 Å². The number of carbonyl (C=O) groups excluding carboxylic acids is 2. The fourth-order valence-corrected chi connectivity index (χ4v) is 2.43. The van der Waals surface area contributed by atoms with Crippen LogP contribution >= 0.6 is 0 Å². The van der Waals surface area contributed by atoms with Gasteiger partial charge < -0.3 is 14.8 Å². The van der Waals surface area contributed by atoms with Gasteiger partial charge in [-0.1, -0.05) is 37.3 Å². The fraction of sp³-hybridized carbons (Fsp3) is 0.438. The highest BCUT2D eigenvalue weighted by Gasteiger charge is 2.38. The Balaban J connectivity index is 2.99. The lowest BCUT2D eigenvalue weighted by Crippen LogP contribution is -2.52. The van der Waals surface area contributed by atoms with E-state index in [1.165, 1.54) is 0 Å². The number of nitrogens with zero attached hydrogens (tertiary/aromatic N) is 1. The Morgan fingerprint density at radius 1 is 1.22 bits per heavy atom. The van der Waals surface area contributed by atoms with Gasteiger partial charge >= 0.3 is 11.9 Å². The number of likely N-dealkylation sites (N-methyl/N-ethyl adjacent to an activating group) is 1.